The van der Waals surface area contributed by atoms with Crippen molar-refractivity contribution in [1.82, 2.24) is 0 Å². The van der Waals surface area contributed by atoms with Crippen molar-refractivity contribution >= 4 is 27.5 Å². The maximum atomic E-state index is 12.0. The maximum Gasteiger partial charge on any atom is 0.296 e. The van der Waals surface area contributed by atoms with Crippen LogP contribution in [0.1, 0.15) is 11.1 Å². The predicted molar refractivity (Wildman–Crippen MR) is 104 cm³/mol. The molecule has 6 nitrogen and oxygen atoms in total. The minimum Gasteiger partial charge on any atom is -0.267 e. The van der Waals surface area contributed by atoms with Gasteiger partial charge in [0, 0.05) is 0 Å². The highest BCUT2D eigenvalue weighted by atomic mass is 32.2. The highest BCUT2D eigenvalue weighted by Gasteiger charge is 2.16. The van der Waals surface area contributed by atoms with Crippen molar-refractivity contribution in [3.8, 4) is 0 Å². The lowest BCUT2D eigenvalue weighted by Crippen LogP contribution is -2.11. The van der Waals surface area contributed by atoms with E-state index in [1.165, 1.54) is 24.3 Å². The average Bonchev–Trinajstić information content (AvgIpc) is 2.61. The number of aryl methyl sites for hydroxylation is 2. The summed E-state index contributed by atoms with van der Waals surface area (Å²) >= 11 is 0. The topological polar surface area (TPSA) is 86.7 Å². The van der Waals surface area contributed by atoms with Crippen LogP contribution in [0.25, 0.3) is 0 Å². The minimum atomic E-state index is -3.78. The molecule has 0 atom stereocenters. The number of benzene rings is 2. The van der Waals surface area contributed by atoms with Crippen LogP contribution in [0.3, 0.4) is 0 Å². The summed E-state index contributed by atoms with van der Waals surface area (Å²) in [6, 6.07) is 12.8. The standard InChI is InChI=1S/C18H22BO6S2/c1-15-3-7-17(8-4-15)26(20,21)24-13-11-19-12-14-25-27(22,23)18-9-5-16(2)6-10-18/h3-10H,11-14H2,1-2H3. The van der Waals surface area contributed by atoms with Gasteiger partial charge >= 0.3 is 0 Å². The second-order valence-corrected chi connectivity index (χ2v) is 9.28. The van der Waals surface area contributed by atoms with E-state index in [-0.39, 0.29) is 23.0 Å². The van der Waals surface area contributed by atoms with Gasteiger partial charge in [0.2, 0.25) is 0 Å². The number of rotatable bonds is 10. The molecule has 0 bridgehead atoms. The predicted octanol–water partition coefficient (Wildman–Crippen LogP) is 2.96. The molecule has 0 unspecified atom stereocenters. The summed E-state index contributed by atoms with van der Waals surface area (Å²) in [5, 5.41) is 0. The van der Waals surface area contributed by atoms with E-state index < -0.39 is 20.2 Å². The molecule has 0 N–H and O–H groups in total. The lowest BCUT2D eigenvalue weighted by Gasteiger charge is -2.07. The van der Waals surface area contributed by atoms with Crippen molar-refractivity contribution in [2.45, 2.75) is 36.3 Å². The van der Waals surface area contributed by atoms with Gasteiger partial charge in [-0.25, -0.2) is 0 Å². The van der Waals surface area contributed by atoms with Crippen molar-refractivity contribution in [2.75, 3.05) is 13.2 Å². The molecule has 9 heteroatoms. The van der Waals surface area contributed by atoms with E-state index in [1.807, 2.05) is 13.8 Å². The van der Waals surface area contributed by atoms with Crippen LogP contribution >= 0.6 is 0 Å². The molecule has 0 saturated carbocycles. The van der Waals surface area contributed by atoms with Crippen LogP contribution in [0.4, 0.5) is 0 Å². The van der Waals surface area contributed by atoms with Gasteiger partial charge in [0.1, 0.15) is 7.28 Å². The lowest BCUT2D eigenvalue weighted by molar-refractivity contribution is 0.332. The van der Waals surface area contributed by atoms with Crippen LogP contribution in [0.5, 0.6) is 0 Å². The summed E-state index contributed by atoms with van der Waals surface area (Å²) in [7, 11) is -5.83. The van der Waals surface area contributed by atoms with Gasteiger partial charge in [0.15, 0.2) is 0 Å². The summed E-state index contributed by atoms with van der Waals surface area (Å²) < 4.78 is 57.9. The first kappa shape index (κ1) is 21.6. The zero-order valence-electron chi connectivity index (χ0n) is 15.3. The molecule has 1 radical (unpaired) electrons. The largest absolute Gasteiger partial charge is 0.296 e. The molecular weight excluding hydrogens is 387 g/mol. The maximum absolute atomic E-state index is 12.0. The van der Waals surface area contributed by atoms with E-state index in [0.29, 0.717) is 12.6 Å². The summed E-state index contributed by atoms with van der Waals surface area (Å²) in [6.45, 7) is 3.71. The lowest BCUT2D eigenvalue weighted by atomic mass is 9.72. The summed E-state index contributed by atoms with van der Waals surface area (Å²) in [4.78, 5) is 0.223. The second kappa shape index (κ2) is 9.50. The average molecular weight is 409 g/mol. The van der Waals surface area contributed by atoms with Crippen LogP contribution in [-0.4, -0.2) is 37.3 Å². The van der Waals surface area contributed by atoms with Gasteiger partial charge in [0.25, 0.3) is 20.2 Å². The molecule has 0 aliphatic rings. The molecular formula is C18H22BO6S2. The molecule has 27 heavy (non-hydrogen) atoms. The van der Waals surface area contributed by atoms with Crippen molar-refractivity contribution < 1.29 is 25.2 Å². The number of hydrogen-bond acceptors (Lipinski definition) is 6. The Hall–Kier alpha value is -1.68. The van der Waals surface area contributed by atoms with Gasteiger partial charge in [-0.3, -0.25) is 8.37 Å². The van der Waals surface area contributed by atoms with E-state index in [1.54, 1.807) is 31.5 Å². The first-order valence-corrected chi connectivity index (χ1v) is 11.3. The smallest absolute Gasteiger partial charge is 0.267 e. The van der Waals surface area contributed by atoms with Gasteiger partial charge in [-0.2, -0.15) is 16.8 Å². The molecule has 0 spiro atoms. The van der Waals surface area contributed by atoms with Gasteiger partial charge < -0.3 is 0 Å². The van der Waals surface area contributed by atoms with Crippen LogP contribution < -0.4 is 0 Å². The third-order valence-electron chi connectivity index (χ3n) is 3.74. The normalized spacial score (nSPS) is 12.1. The van der Waals surface area contributed by atoms with Crippen molar-refractivity contribution in [1.29, 1.82) is 0 Å². The molecule has 0 heterocycles. The van der Waals surface area contributed by atoms with Gasteiger partial charge in [0.05, 0.1) is 23.0 Å². The summed E-state index contributed by atoms with van der Waals surface area (Å²) in [5.41, 5.74) is 1.92. The SMILES string of the molecule is Cc1ccc(S(=O)(=O)OCC[B]CCOS(=O)(=O)c2ccc(C)cc2)cc1. The Balaban J connectivity index is 1.68. The number of hydrogen-bond donors (Lipinski definition) is 0. The first-order valence-electron chi connectivity index (χ1n) is 8.44. The van der Waals surface area contributed by atoms with Crippen LogP contribution in [0.15, 0.2) is 58.3 Å². The quantitative estimate of drug-likeness (QED) is 0.341. The van der Waals surface area contributed by atoms with Crippen molar-refractivity contribution in [3.63, 3.8) is 0 Å². The van der Waals surface area contributed by atoms with Crippen LogP contribution in [-0.2, 0) is 28.6 Å². The van der Waals surface area contributed by atoms with E-state index >= 15 is 0 Å². The van der Waals surface area contributed by atoms with E-state index in [2.05, 4.69) is 0 Å². The zero-order valence-corrected chi connectivity index (χ0v) is 16.9. The highest BCUT2D eigenvalue weighted by molar-refractivity contribution is 7.87. The van der Waals surface area contributed by atoms with Crippen molar-refractivity contribution in [3.05, 3.63) is 59.7 Å². The molecule has 2 rings (SSSR count). The fraction of sp³-hybridized carbons (Fsp3) is 0.333. The molecule has 0 aliphatic heterocycles. The van der Waals surface area contributed by atoms with E-state index in [9.17, 15) is 16.8 Å². The molecule has 0 aromatic heterocycles. The first-order chi connectivity index (χ1) is 12.7. The molecule has 0 aliphatic carbocycles. The fourth-order valence-corrected chi connectivity index (χ4v) is 4.01. The monoisotopic (exact) mass is 409 g/mol. The van der Waals surface area contributed by atoms with Crippen LogP contribution in [0, 0.1) is 13.8 Å². The Kier molecular flexibility index (Phi) is 7.61. The molecule has 2 aromatic carbocycles. The third kappa shape index (κ3) is 6.77. The second-order valence-electron chi connectivity index (χ2n) is 6.04. The van der Waals surface area contributed by atoms with Gasteiger partial charge in [-0.15, -0.1) is 0 Å². The Bertz CT molecular complexity index is 857. The minimum absolute atomic E-state index is 0.0130. The molecule has 2 aromatic rings. The Morgan fingerprint density at radius 2 is 1.00 bits per heavy atom. The summed E-state index contributed by atoms with van der Waals surface area (Å²) in [5.74, 6) is 0. The molecule has 0 fully saturated rings. The Morgan fingerprint density at radius 1 is 0.667 bits per heavy atom. The van der Waals surface area contributed by atoms with Crippen molar-refractivity contribution in [2.24, 2.45) is 0 Å². The molecule has 0 amide bonds. The van der Waals surface area contributed by atoms with E-state index in [4.69, 9.17) is 8.37 Å². The Morgan fingerprint density at radius 3 is 1.33 bits per heavy atom. The van der Waals surface area contributed by atoms with Gasteiger partial charge in [-0.1, -0.05) is 48.0 Å². The zero-order chi connectivity index (χ0) is 19.9. The summed E-state index contributed by atoms with van der Waals surface area (Å²) in [6.07, 6.45) is 0.720. The molecule has 0 saturated heterocycles. The van der Waals surface area contributed by atoms with E-state index in [0.717, 1.165) is 11.1 Å². The fourth-order valence-electron chi connectivity index (χ4n) is 2.17. The third-order valence-corrected chi connectivity index (χ3v) is 6.39. The van der Waals surface area contributed by atoms with Gasteiger partial charge in [-0.05, 0) is 38.1 Å². The van der Waals surface area contributed by atoms with Crippen LogP contribution in [0.2, 0.25) is 12.6 Å². The Labute approximate surface area is 162 Å². The highest BCUT2D eigenvalue weighted by Crippen LogP contribution is 2.15. The molecule has 145 valence electrons.